The van der Waals surface area contributed by atoms with Gasteiger partial charge in [0.15, 0.2) is 0 Å². The molecule has 0 heterocycles. The van der Waals surface area contributed by atoms with Gasteiger partial charge in [-0.05, 0) is 40.8 Å². The Balaban J connectivity index is 1.32. The van der Waals surface area contributed by atoms with E-state index in [2.05, 4.69) is 174 Å². The Morgan fingerprint density at radius 2 is 0.735 bits per heavy atom. The highest BCUT2D eigenvalue weighted by Gasteiger charge is 2.23. The van der Waals surface area contributed by atoms with E-state index in [0.29, 0.717) is 0 Å². The summed E-state index contributed by atoms with van der Waals surface area (Å²) in [4.78, 5) is 4.84. The van der Waals surface area contributed by atoms with Gasteiger partial charge in [0.25, 0.3) is 0 Å². The number of hydrogen-bond donors (Lipinski definition) is 0. The number of methoxy groups -OCH3 is 2. The van der Waals surface area contributed by atoms with Crippen LogP contribution < -0.4 is 19.3 Å². The van der Waals surface area contributed by atoms with Gasteiger partial charge >= 0.3 is 0 Å². The predicted molar refractivity (Wildman–Crippen MR) is 204 cm³/mol. The maximum atomic E-state index is 6.13. The van der Waals surface area contributed by atoms with Crippen molar-refractivity contribution >= 4 is 11.4 Å². The molecule has 6 rings (SSSR count). The number of benzene rings is 6. The minimum atomic E-state index is 0.0985. The molecule has 49 heavy (non-hydrogen) atoms. The van der Waals surface area contributed by atoms with Crippen LogP contribution in [-0.2, 0) is 26.2 Å². The van der Waals surface area contributed by atoms with Crippen molar-refractivity contribution in [3.63, 3.8) is 0 Å². The molecule has 0 aliphatic carbocycles. The van der Waals surface area contributed by atoms with Gasteiger partial charge in [-0.1, -0.05) is 140 Å². The van der Waals surface area contributed by atoms with Crippen LogP contribution in [0.1, 0.15) is 52.6 Å². The normalized spacial score (nSPS) is 10.9. The third kappa shape index (κ3) is 8.52. The highest BCUT2D eigenvalue weighted by Crippen LogP contribution is 2.42. The molecule has 0 aliphatic rings. The lowest BCUT2D eigenvalue weighted by atomic mass is 9.87. The van der Waals surface area contributed by atoms with E-state index in [1.165, 1.54) is 22.3 Å². The summed E-state index contributed by atoms with van der Waals surface area (Å²) < 4.78 is 12.3. The van der Waals surface area contributed by atoms with Crippen molar-refractivity contribution in [2.24, 2.45) is 0 Å². The van der Waals surface area contributed by atoms with Gasteiger partial charge in [-0.3, -0.25) is 0 Å². The summed E-state index contributed by atoms with van der Waals surface area (Å²) in [6, 6.07) is 56.0. The highest BCUT2D eigenvalue weighted by atomic mass is 16.5. The molecule has 4 heteroatoms. The molecule has 0 bridgehead atoms. The number of nitrogens with zero attached hydrogens (tertiary/aromatic N) is 2. The fourth-order valence-corrected chi connectivity index (χ4v) is 6.67. The first-order chi connectivity index (χ1) is 24.1. The van der Waals surface area contributed by atoms with Gasteiger partial charge in [-0.2, -0.15) is 0 Å². The molecule has 4 nitrogen and oxygen atoms in total. The third-order valence-electron chi connectivity index (χ3n) is 9.19. The monoisotopic (exact) mass is 646 g/mol. The lowest BCUT2D eigenvalue weighted by molar-refractivity contribution is 0.399. The van der Waals surface area contributed by atoms with E-state index in [9.17, 15) is 0 Å². The maximum Gasteiger partial charge on any atom is 0.124 e. The van der Waals surface area contributed by atoms with Crippen molar-refractivity contribution in [3.05, 3.63) is 191 Å². The SMILES string of the molecule is CCC(c1ccc(N(Cc2ccccc2)Cc2ccccc2)cc1OC)c1ccc(N(Cc2ccccc2)Cc2ccccc2)cc1OC. The van der Waals surface area contributed by atoms with Crippen LogP contribution in [0.25, 0.3) is 0 Å². The molecule has 0 fully saturated rings. The standard InChI is InChI=1S/C45H46N2O2/c1-4-41(42-27-25-39(29-44(42)48-2)46(31-35-17-9-5-10-18-35)32-36-19-11-6-12-20-36)43-28-26-40(30-45(43)49-3)47(33-37-21-13-7-14-22-37)34-38-23-15-8-16-24-38/h5-30,41H,4,31-34H2,1-3H3. The Morgan fingerprint density at radius 1 is 0.429 bits per heavy atom. The summed E-state index contributed by atoms with van der Waals surface area (Å²) in [7, 11) is 3.55. The van der Waals surface area contributed by atoms with Crippen LogP contribution in [-0.4, -0.2) is 14.2 Å². The predicted octanol–water partition coefficient (Wildman–Crippen LogP) is 10.7. The van der Waals surface area contributed by atoms with Gasteiger partial charge in [0, 0.05) is 66.7 Å². The molecule has 0 unspecified atom stereocenters. The number of rotatable bonds is 15. The van der Waals surface area contributed by atoms with Crippen LogP contribution in [0.2, 0.25) is 0 Å². The Hall–Kier alpha value is -5.48. The number of anilines is 2. The van der Waals surface area contributed by atoms with E-state index in [1.54, 1.807) is 14.2 Å². The second-order valence-electron chi connectivity index (χ2n) is 12.5. The van der Waals surface area contributed by atoms with E-state index in [1.807, 2.05) is 0 Å². The molecule has 6 aromatic rings. The Morgan fingerprint density at radius 3 is 1.00 bits per heavy atom. The molecule has 0 spiro atoms. The average Bonchev–Trinajstić information content (AvgIpc) is 3.16. The van der Waals surface area contributed by atoms with Gasteiger partial charge in [0.05, 0.1) is 14.2 Å². The molecular formula is C45H46N2O2. The first-order valence-electron chi connectivity index (χ1n) is 17.2. The summed E-state index contributed by atoms with van der Waals surface area (Å²) in [6.07, 6.45) is 0.904. The summed E-state index contributed by atoms with van der Waals surface area (Å²) in [5, 5.41) is 0. The van der Waals surface area contributed by atoms with E-state index in [0.717, 1.165) is 66.6 Å². The lowest BCUT2D eigenvalue weighted by Crippen LogP contribution is -2.22. The molecule has 0 atom stereocenters. The van der Waals surface area contributed by atoms with Crippen LogP contribution in [0.15, 0.2) is 158 Å². The summed E-state index contributed by atoms with van der Waals surface area (Å²) in [5.74, 6) is 1.87. The van der Waals surface area contributed by atoms with Gasteiger partial charge in [-0.15, -0.1) is 0 Å². The van der Waals surface area contributed by atoms with E-state index in [-0.39, 0.29) is 5.92 Å². The molecule has 0 radical (unpaired) electrons. The maximum absolute atomic E-state index is 6.13. The lowest BCUT2D eigenvalue weighted by Gasteiger charge is -2.29. The van der Waals surface area contributed by atoms with Crippen molar-refractivity contribution in [3.8, 4) is 11.5 Å². The zero-order valence-corrected chi connectivity index (χ0v) is 28.8. The topological polar surface area (TPSA) is 24.9 Å². The van der Waals surface area contributed by atoms with Crippen molar-refractivity contribution in [2.45, 2.75) is 45.4 Å². The van der Waals surface area contributed by atoms with E-state index < -0.39 is 0 Å². The van der Waals surface area contributed by atoms with Crippen molar-refractivity contribution in [1.82, 2.24) is 0 Å². The summed E-state index contributed by atoms with van der Waals surface area (Å²) in [5.41, 5.74) is 9.65. The van der Waals surface area contributed by atoms with Crippen molar-refractivity contribution in [1.29, 1.82) is 0 Å². The Bertz CT molecular complexity index is 1660. The molecule has 0 saturated heterocycles. The number of hydrogen-bond acceptors (Lipinski definition) is 4. The fourth-order valence-electron chi connectivity index (χ4n) is 6.67. The van der Waals surface area contributed by atoms with Gasteiger partial charge in [-0.25, -0.2) is 0 Å². The molecule has 0 amide bonds. The van der Waals surface area contributed by atoms with Crippen LogP contribution in [0, 0.1) is 0 Å². The molecule has 6 aromatic carbocycles. The Kier molecular flexibility index (Phi) is 11.3. The van der Waals surface area contributed by atoms with Crippen LogP contribution in [0.4, 0.5) is 11.4 Å². The first-order valence-corrected chi connectivity index (χ1v) is 17.2. The summed E-state index contributed by atoms with van der Waals surface area (Å²) in [6.45, 7) is 5.43. The molecule has 0 aliphatic heterocycles. The van der Waals surface area contributed by atoms with E-state index in [4.69, 9.17) is 9.47 Å². The van der Waals surface area contributed by atoms with Gasteiger partial charge in [0.2, 0.25) is 0 Å². The zero-order valence-electron chi connectivity index (χ0n) is 28.8. The first kappa shape index (κ1) is 33.4. The second-order valence-corrected chi connectivity index (χ2v) is 12.5. The summed E-state index contributed by atoms with van der Waals surface area (Å²) >= 11 is 0. The van der Waals surface area contributed by atoms with Crippen LogP contribution in [0.5, 0.6) is 11.5 Å². The van der Waals surface area contributed by atoms with Crippen LogP contribution in [0.3, 0.4) is 0 Å². The quantitative estimate of drug-likeness (QED) is 0.111. The molecule has 0 aromatic heterocycles. The minimum Gasteiger partial charge on any atom is -0.496 e. The number of ether oxygens (including phenoxy) is 2. The molecule has 0 N–H and O–H groups in total. The largest absolute Gasteiger partial charge is 0.496 e. The zero-order chi connectivity index (χ0) is 33.8. The highest BCUT2D eigenvalue weighted by molar-refractivity contribution is 5.60. The van der Waals surface area contributed by atoms with Crippen molar-refractivity contribution in [2.75, 3.05) is 24.0 Å². The molecular weight excluding hydrogens is 601 g/mol. The fraction of sp³-hybridized carbons (Fsp3) is 0.200. The smallest absolute Gasteiger partial charge is 0.124 e. The van der Waals surface area contributed by atoms with Crippen LogP contribution >= 0.6 is 0 Å². The second kappa shape index (κ2) is 16.6. The molecule has 0 saturated carbocycles. The van der Waals surface area contributed by atoms with Gasteiger partial charge in [0.1, 0.15) is 11.5 Å². The Labute approximate surface area is 292 Å². The van der Waals surface area contributed by atoms with Crippen molar-refractivity contribution < 1.29 is 9.47 Å². The third-order valence-corrected chi connectivity index (χ3v) is 9.19. The molecule has 248 valence electrons. The van der Waals surface area contributed by atoms with Gasteiger partial charge < -0.3 is 19.3 Å². The minimum absolute atomic E-state index is 0.0985. The van der Waals surface area contributed by atoms with E-state index >= 15 is 0 Å². The average molecular weight is 647 g/mol.